The molecule has 2 atom stereocenters. The summed E-state index contributed by atoms with van der Waals surface area (Å²) in [7, 11) is 0. The van der Waals surface area contributed by atoms with Crippen LogP contribution in [-0.4, -0.2) is 29.0 Å². The highest BCUT2D eigenvalue weighted by Crippen LogP contribution is 2.40. The van der Waals surface area contributed by atoms with E-state index in [9.17, 15) is 0 Å². The van der Waals surface area contributed by atoms with Crippen LogP contribution in [0.15, 0.2) is 0 Å². The largest absolute Gasteiger partial charge is 0.319 e. The monoisotopic (exact) mass is 277 g/mol. The fraction of sp³-hybridized carbons (Fsp3) is 0.800. The number of hydrogen-bond donors (Lipinski definition) is 1. The minimum atomic E-state index is -0.131. The van der Waals surface area contributed by atoms with Gasteiger partial charge in [-0.25, -0.2) is 4.98 Å². The lowest BCUT2D eigenvalue weighted by atomic mass is 9.84. The van der Waals surface area contributed by atoms with Gasteiger partial charge >= 0.3 is 0 Å². The van der Waals surface area contributed by atoms with E-state index in [1.807, 2.05) is 11.3 Å². The molecule has 2 N–H and O–H groups in total. The summed E-state index contributed by atoms with van der Waals surface area (Å²) in [5.74, 6) is 0. The summed E-state index contributed by atoms with van der Waals surface area (Å²) in [6, 6.07) is 0.722. The van der Waals surface area contributed by atoms with Crippen LogP contribution in [0.4, 0.5) is 0 Å². The predicted molar refractivity (Wildman–Crippen MR) is 78.5 cm³/mol. The van der Waals surface area contributed by atoms with Gasteiger partial charge in [-0.1, -0.05) is 0 Å². The highest BCUT2D eigenvalue weighted by atomic mass is 32.1. The maximum Gasteiger partial charge on any atom is 0.113 e. The quantitative estimate of drug-likeness (QED) is 0.857. The highest BCUT2D eigenvalue weighted by Gasteiger charge is 2.42. The van der Waals surface area contributed by atoms with Crippen LogP contribution in [0.5, 0.6) is 0 Å². The molecule has 104 valence electrons. The lowest BCUT2D eigenvalue weighted by Gasteiger charge is -2.40. The maximum absolute atomic E-state index is 6.77. The Morgan fingerprint density at radius 3 is 3.00 bits per heavy atom. The summed E-state index contributed by atoms with van der Waals surface area (Å²) in [5, 5.41) is 1.24. The van der Waals surface area contributed by atoms with Crippen molar-refractivity contribution in [1.29, 1.82) is 0 Å². The average molecular weight is 277 g/mol. The Morgan fingerprint density at radius 1 is 1.21 bits per heavy atom. The second-order valence-corrected chi connectivity index (χ2v) is 7.62. The number of nitrogens with zero attached hydrogens (tertiary/aromatic N) is 2. The number of aryl methyl sites for hydroxylation is 2. The highest BCUT2D eigenvalue weighted by molar-refractivity contribution is 7.11. The van der Waals surface area contributed by atoms with Gasteiger partial charge in [-0.2, -0.15) is 0 Å². The van der Waals surface area contributed by atoms with Gasteiger partial charge in [0.05, 0.1) is 11.2 Å². The lowest BCUT2D eigenvalue weighted by Crippen LogP contribution is -2.50. The van der Waals surface area contributed by atoms with Crippen molar-refractivity contribution in [1.82, 2.24) is 9.88 Å². The summed E-state index contributed by atoms with van der Waals surface area (Å²) >= 11 is 1.92. The first-order valence-corrected chi connectivity index (χ1v) is 8.58. The summed E-state index contributed by atoms with van der Waals surface area (Å²) in [6.45, 7) is 2.46. The van der Waals surface area contributed by atoms with Crippen molar-refractivity contribution < 1.29 is 0 Å². The molecule has 0 spiro atoms. The van der Waals surface area contributed by atoms with Gasteiger partial charge in [-0.15, -0.1) is 11.3 Å². The van der Waals surface area contributed by atoms with Crippen LogP contribution >= 0.6 is 11.3 Å². The third kappa shape index (κ3) is 2.05. The van der Waals surface area contributed by atoms with Crippen molar-refractivity contribution in [3.63, 3.8) is 0 Å². The molecule has 1 aromatic heterocycles. The zero-order chi connectivity index (χ0) is 12.9. The van der Waals surface area contributed by atoms with E-state index < -0.39 is 0 Å². The number of aromatic nitrogens is 1. The zero-order valence-corrected chi connectivity index (χ0v) is 12.3. The maximum atomic E-state index is 6.77. The lowest BCUT2D eigenvalue weighted by molar-refractivity contribution is 0.130. The summed E-state index contributed by atoms with van der Waals surface area (Å²) in [5.41, 5.74) is 8.00. The van der Waals surface area contributed by atoms with Gasteiger partial charge in [-0.05, 0) is 57.9 Å². The molecule has 2 fully saturated rings. The third-order valence-corrected chi connectivity index (χ3v) is 6.59. The number of rotatable bonds is 1. The van der Waals surface area contributed by atoms with E-state index in [1.165, 1.54) is 67.2 Å². The van der Waals surface area contributed by atoms with E-state index >= 15 is 0 Å². The molecule has 3 aliphatic rings. The Kier molecular flexibility index (Phi) is 2.94. The Morgan fingerprint density at radius 2 is 2.11 bits per heavy atom. The number of hydrogen-bond acceptors (Lipinski definition) is 4. The molecule has 0 saturated carbocycles. The average Bonchev–Trinajstić information content (AvgIpc) is 3.04. The molecule has 0 radical (unpaired) electrons. The molecule has 2 saturated heterocycles. The molecule has 19 heavy (non-hydrogen) atoms. The number of fused-ring (bicyclic) bond motifs is 2. The number of piperidine rings is 1. The molecule has 1 aromatic rings. The van der Waals surface area contributed by atoms with Crippen LogP contribution in [0.2, 0.25) is 0 Å². The van der Waals surface area contributed by atoms with Crippen LogP contribution in [0.3, 0.4) is 0 Å². The van der Waals surface area contributed by atoms with Crippen LogP contribution in [-0.2, 0) is 18.4 Å². The van der Waals surface area contributed by atoms with Gasteiger partial charge in [-0.3, -0.25) is 0 Å². The fourth-order valence-corrected chi connectivity index (χ4v) is 5.34. The van der Waals surface area contributed by atoms with Crippen molar-refractivity contribution >= 4 is 11.3 Å². The minimum Gasteiger partial charge on any atom is -0.319 e. The molecule has 4 heteroatoms. The molecular formula is C15H23N3S. The smallest absolute Gasteiger partial charge is 0.113 e. The number of nitrogens with two attached hydrogens (primary N) is 1. The van der Waals surface area contributed by atoms with E-state index in [1.54, 1.807) is 0 Å². The SMILES string of the molecule is NC1(c2nc3c(s2)CCCC3)CCN2CCCC2C1. The van der Waals surface area contributed by atoms with Gasteiger partial charge in [0.1, 0.15) is 5.01 Å². The molecule has 3 nitrogen and oxygen atoms in total. The number of thiazole rings is 1. The second kappa shape index (κ2) is 4.54. The molecule has 0 amide bonds. The normalized spacial score (nSPS) is 35.1. The standard InChI is InChI=1S/C15H23N3S/c16-15(7-9-18-8-3-4-11(18)10-15)14-17-12-5-1-2-6-13(12)19-14/h11H,1-10,16H2. The van der Waals surface area contributed by atoms with Crippen LogP contribution in [0.1, 0.15) is 54.1 Å². The van der Waals surface area contributed by atoms with Crippen molar-refractivity contribution in [2.75, 3.05) is 13.1 Å². The van der Waals surface area contributed by atoms with Gasteiger partial charge in [0, 0.05) is 17.5 Å². The molecule has 0 aromatic carbocycles. The van der Waals surface area contributed by atoms with Crippen molar-refractivity contribution in [3.05, 3.63) is 15.6 Å². The topological polar surface area (TPSA) is 42.1 Å². The van der Waals surface area contributed by atoms with Crippen molar-refractivity contribution in [2.24, 2.45) is 5.73 Å². The summed E-state index contributed by atoms with van der Waals surface area (Å²) in [4.78, 5) is 9.10. The molecule has 2 unspecified atom stereocenters. The fourth-order valence-electron chi connectivity index (χ4n) is 4.05. The van der Waals surface area contributed by atoms with E-state index in [2.05, 4.69) is 4.90 Å². The Labute approximate surface area is 119 Å². The molecule has 4 rings (SSSR count). The molecular weight excluding hydrogens is 254 g/mol. The van der Waals surface area contributed by atoms with Gasteiger partial charge < -0.3 is 10.6 Å². The van der Waals surface area contributed by atoms with Gasteiger partial charge in [0.25, 0.3) is 0 Å². The van der Waals surface area contributed by atoms with E-state index in [-0.39, 0.29) is 5.54 Å². The molecule has 0 bridgehead atoms. The third-order valence-electron chi connectivity index (χ3n) is 5.22. The van der Waals surface area contributed by atoms with E-state index in [0.29, 0.717) is 0 Å². The Balaban J connectivity index is 1.61. The minimum absolute atomic E-state index is 0.131. The summed E-state index contributed by atoms with van der Waals surface area (Å²) < 4.78 is 0. The van der Waals surface area contributed by atoms with Gasteiger partial charge in [0.15, 0.2) is 0 Å². The first-order chi connectivity index (χ1) is 9.24. The van der Waals surface area contributed by atoms with Crippen LogP contribution in [0.25, 0.3) is 0 Å². The van der Waals surface area contributed by atoms with Crippen molar-refractivity contribution in [2.45, 2.75) is 62.9 Å². The van der Waals surface area contributed by atoms with Crippen molar-refractivity contribution in [3.8, 4) is 0 Å². The van der Waals surface area contributed by atoms with E-state index in [4.69, 9.17) is 10.7 Å². The Bertz CT molecular complexity index is 460. The summed E-state index contributed by atoms with van der Waals surface area (Å²) in [6.07, 6.45) is 9.97. The Hall–Kier alpha value is -0.450. The van der Waals surface area contributed by atoms with Gasteiger partial charge in [0.2, 0.25) is 0 Å². The van der Waals surface area contributed by atoms with E-state index in [0.717, 1.165) is 18.9 Å². The first-order valence-electron chi connectivity index (χ1n) is 7.77. The second-order valence-electron chi connectivity index (χ2n) is 6.54. The predicted octanol–water partition coefficient (Wildman–Crippen LogP) is 2.43. The first kappa shape index (κ1) is 12.3. The molecule has 3 heterocycles. The molecule has 2 aliphatic heterocycles. The molecule has 1 aliphatic carbocycles. The van der Waals surface area contributed by atoms with Crippen LogP contribution in [0, 0.1) is 0 Å². The van der Waals surface area contributed by atoms with Crippen LogP contribution < -0.4 is 5.73 Å². The zero-order valence-electron chi connectivity index (χ0n) is 11.5.